The molecule has 4 nitrogen and oxygen atoms in total. The Morgan fingerprint density at radius 1 is 1.24 bits per heavy atom. The molecule has 0 radical (unpaired) electrons. The summed E-state index contributed by atoms with van der Waals surface area (Å²) in [7, 11) is 0. The molecular weight excluding hydrogens is 282 g/mol. The molecule has 1 aliphatic rings. The Morgan fingerprint density at radius 2 is 1.95 bits per heavy atom. The molecule has 1 fully saturated rings. The van der Waals surface area contributed by atoms with E-state index in [1.54, 1.807) is 11.8 Å². The Morgan fingerprint density at radius 3 is 2.67 bits per heavy atom. The maximum Gasteiger partial charge on any atom is 0.259 e. The van der Waals surface area contributed by atoms with E-state index in [1.807, 2.05) is 18.2 Å². The van der Waals surface area contributed by atoms with Crippen LogP contribution in [-0.4, -0.2) is 15.4 Å². The molecule has 2 aromatic rings. The van der Waals surface area contributed by atoms with Gasteiger partial charge in [0.1, 0.15) is 0 Å². The van der Waals surface area contributed by atoms with Gasteiger partial charge in [0.15, 0.2) is 5.82 Å². The number of hydrogen-bond donors (Lipinski definition) is 1. The summed E-state index contributed by atoms with van der Waals surface area (Å²) in [6, 6.07) is 8.15. The third kappa shape index (κ3) is 2.99. The van der Waals surface area contributed by atoms with Crippen LogP contribution >= 0.6 is 11.8 Å². The Kier molecular flexibility index (Phi) is 4.04. The second-order valence-corrected chi connectivity index (χ2v) is 7.57. The smallest absolute Gasteiger partial charge is 0.259 e. The molecule has 0 saturated heterocycles. The van der Waals surface area contributed by atoms with Crippen molar-refractivity contribution >= 4 is 11.8 Å². The topological polar surface area (TPSA) is 64.9 Å². The van der Waals surface area contributed by atoms with E-state index in [1.165, 1.54) is 4.90 Å². The average molecular weight is 303 g/mol. The minimum absolute atomic E-state index is 0.401. The number of thioether (sulfide) groups is 1. The molecule has 0 unspecified atom stereocenters. The predicted octanol–water partition coefficient (Wildman–Crippen LogP) is 3.97. The summed E-state index contributed by atoms with van der Waals surface area (Å²) in [5.74, 6) is 1.23. The first-order valence-electron chi connectivity index (χ1n) is 7.48. The third-order valence-electron chi connectivity index (χ3n) is 3.85. The Bertz CT molecular complexity index is 617. The predicted molar refractivity (Wildman–Crippen MR) is 85.1 cm³/mol. The first-order chi connectivity index (χ1) is 10.1. The van der Waals surface area contributed by atoms with Crippen LogP contribution in [0.1, 0.15) is 45.4 Å². The first-order valence-corrected chi connectivity index (χ1v) is 8.35. The van der Waals surface area contributed by atoms with Gasteiger partial charge < -0.3 is 10.3 Å². The Balaban J connectivity index is 1.93. The minimum Gasteiger partial charge on any atom is -0.334 e. The monoisotopic (exact) mass is 303 g/mol. The van der Waals surface area contributed by atoms with Crippen molar-refractivity contribution in [1.82, 2.24) is 10.1 Å². The largest absolute Gasteiger partial charge is 0.334 e. The molecule has 21 heavy (non-hydrogen) atoms. The van der Waals surface area contributed by atoms with E-state index in [-0.39, 0.29) is 0 Å². The fourth-order valence-corrected chi connectivity index (χ4v) is 3.71. The van der Waals surface area contributed by atoms with Crippen LogP contribution in [0, 0.1) is 0 Å². The van der Waals surface area contributed by atoms with E-state index in [0.717, 1.165) is 31.2 Å². The van der Waals surface area contributed by atoms with Crippen molar-refractivity contribution in [3.8, 4) is 11.5 Å². The zero-order chi connectivity index (χ0) is 14.9. The highest BCUT2D eigenvalue weighted by atomic mass is 32.2. The molecular formula is C16H21N3OS. The van der Waals surface area contributed by atoms with Gasteiger partial charge in [-0.25, -0.2) is 0 Å². The fourth-order valence-electron chi connectivity index (χ4n) is 2.76. The summed E-state index contributed by atoms with van der Waals surface area (Å²) < 4.78 is 5.50. The van der Waals surface area contributed by atoms with Crippen molar-refractivity contribution in [3.05, 3.63) is 30.1 Å². The summed E-state index contributed by atoms with van der Waals surface area (Å²) >= 11 is 1.80. The normalized spacial score (nSPS) is 17.5. The number of benzene rings is 1. The number of nitrogens with two attached hydrogens (primary N) is 1. The van der Waals surface area contributed by atoms with Crippen LogP contribution in [-0.2, 0) is 5.54 Å². The van der Waals surface area contributed by atoms with Crippen molar-refractivity contribution in [2.45, 2.75) is 55.2 Å². The van der Waals surface area contributed by atoms with E-state index in [0.29, 0.717) is 17.0 Å². The highest BCUT2D eigenvalue weighted by Crippen LogP contribution is 2.37. The Hall–Kier alpha value is -1.33. The molecule has 1 aromatic heterocycles. The van der Waals surface area contributed by atoms with Crippen molar-refractivity contribution in [1.29, 1.82) is 0 Å². The standard InChI is InChI=1S/C16H21N3OS/c1-11(2)21-13-8-4-3-7-12(13)14-18-15(19-20-14)16(17)9-5-6-10-16/h3-4,7-8,11H,5-6,9-10,17H2,1-2H3. The molecule has 1 saturated carbocycles. The molecule has 0 spiro atoms. The van der Waals surface area contributed by atoms with Crippen molar-refractivity contribution < 1.29 is 4.52 Å². The number of aromatic nitrogens is 2. The maximum absolute atomic E-state index is 6.40. The molecule has 0 aliphatic heterocycles. The van der Waals surface area contributed by atoms with Gasteiger partial charge in [0.2, 0.25) is 0 Å². The second-order valence-electron chi connectivity index (χ2n) is 5.95. The van der Waals surface area contributed by atoms with Gasteiger partial charge in [0, 0.05) is 10.1 Å². The zero-order valence-corrected chi connectivity index (χ0v) is 13.3. The van der Waals surface area contributed by atoms with Crippen molar-refractivity contribution in [3.63, 3.8) is 0 Å². The second kappa shape index (κ2) is 5.81. The van der Waals surface area contributed by atoms with Crippen LogP contribution in [0.4, 0.5) is 0 Å². The van der Waals surface area contributed by atoms with E-state index in [4.69, 9.17) is 10.3 Å². The molecule has 1 heterocycles. The fraction of sp³-hybridized carbons (Fsp3) is 0.500. The van der Waals surface area contributed by atoms with Crippen molar-refractivity contribution in [2.75, 3.05) is 0 Å². The highest BCUT2D eigenvalue weighted by molar-refractivity contribution is 8.00. The first kappa shape index (κ1) is 14.6. The summed E-state index contributed by atoms with van der Waals surface area (Å²) in [5.41, 5.74) is 7.00. The maximum atomic E-state index is 6.40. The third-order valence-corrected chi connectivity index (χ3v) is 4.93. The van der Waals surface area contributed by atoms with E-state index >= 15 is 0 Å². The summed E-state index contributed by atoms with van der Waals surface area (Å²) in [6.07, 6.45) is 4.16. The quantitative estimate of drug-likeness (QED) is 0.866. The van der Waals surface area contributed by atoms with E-state index < -0.39 is 5.54 Å². The van der Waals surface area contributed by atoms with Crippen LogP contribution in [0.15, 0.2) is 33.7 Å². The number of rotatable bonds is 4. The lowest BCUT2D eigenvalue weighted by Gasteiger charge is -2.17. The molecule has 3 rings (SSSR count). The van der Waals surface area contributed by atoms with Crippen LogP contribution in [0.5, 0.6) is 0 Å². The SMILES string of the molecule is CC(C)Sc1ccccc1-c1nc(C2(N)CCCC2)no1. The number of nitrogens with zero attached hydrogens (tertiary/aromatic N) is 2. The molecule has 1 aliphatic carbocycles. The summed E-state index contributed by atoms with van der Waals surface area (Å²) in [4.78, 5) is 5.75. The molecule has 0 atom stereocenters. The van der Waals surface area contributed by atoms with Crippen LogP contribution < -0.4 is 5.73 Å². The van der Waals surface area contributed by atoms with Gasteiger partial charge in [-0.05, 0) is 25.0 Å². The van der Waals surface area contributed by atoms with Gasteiger partial charge in [-0.2, -0.15) is 4.98 Å². The minimum atomic E-state index is -0.401. The lowest BCUT2D eigenvalue weighted by atomic mass is 9.99. The molecule has 2 N–H and O–H groups in total. The number of hydrogen-bond acceptors (Lipinski definition) is 5. The Labute approximate surface area is 129 Å². The molecule has 5 heteroatoms. The van der Waals surface area contributed by atoms with Gasteiger partial charge in [-0.3, -0.25) is 0 Å². The van der Waals surface area contributed by atoms with Gasteiger partial charge in [0.25, 0.3) is 5.89 Å². The van der Waals surface area contributed by atoms with Gasteiger partial charge in [-0.1, -0.05) is 44.0 Å². The molecule has 1 aromatic carbocycles. The summed E-state index contributed by atoms with van der Waals surface area (Å²) in [6.45, 7) is 4.35. The van der Waals surface area contributed by atoms with Gasteiger partial charge >= 0.3 is 0 Å². The van der Waals surface area contributed by atoms with Crippen molar-refractivity contribution in [2.24, 2.45) is 5.73 Å². The molecule has 112 valence electrons. The highest BCUT2D eigenvalue weighted by Gasteiger charge is 2.36. The van der Waals surface area contributed by atoms with Crippen LogP contribution in [0.2, 0.25) is 0 Å². The lowest BCUT2D eigenvalue weighted by Crippen LogP contribution is -2.34. The van der Waals surface area contributed by atoms with E-state index in [9.17, 15) is 0 Å². The van der Waals surface area contributed by atoms with Gasteiger partial charge in [0.05, 0.1) is 11.1 Å². The molecule has 0 amide bonds. The molecule has 0 bridgehead atoms. The van der Waals surface area contributed by atoms with E-state index in [2.05, 4.69) is 30.1 Å². The zero-order valence-electron chi connectivity index (χ0n) is 12.5. The van der Waals surface area contributed by atoms with Crippen LogP contribution in [0.25, 0.3) is 11.5 Å². The average Bonchev–Trinajstić information content (AvgIpc) is 3.08. The van der Waals surface area contributed by atoms with Gasteiger partial charge in [-0.15, -0.1) is 11.8 Å². The van der Waals surface area contributed by atoms with Crippen LogP contribution in [0.3, 0.4) is 0 Å². The lowest BCUT2D eigenvalue weighted by molar-refractivity contribution is 0.372. The summed E-state index contributed by atoms with van der Waals surface area (Å²) in [5, 5.41) is 4.65.